The molecule has 1 N–H and O–H groups in total. The summed E-state index contributed by atoms with van der Waals surface area (Å²) >= 11 is 0. The summed E-state index contributed by atoms with van der Waals surface area (Å²) in [5, 5.41) is 12.1. The summed E-state index contributed by atoms with van der Waals surface area (Å²) in [6, 6.07) is 3.65. The van der Waals surface area contributed by atoms with Crippen molar-refractivity contribution in [2.45, 2.75) is 0 Å². The molecule has 6 nitrogen and oxygen atoms in total. The Bertz CT molecular complexity index is 421. The van der Waals surface area contributed by atoms with E-state index in [1.807, 2.05) is 18.0 Å². The first kappa shape index (κ1) is 12.7. The second-order valence-electron chi connectivity index (χ2n) is 4.37. The molecule has 2 rings (SSSR count). The van der Waals surface area contributed by atoms with E-state index in [1.54, 1.807) is 12.3 Å². The highest BCUT2D eigenvalue weighted by molar-refractivity contribution is 5.32. The summed E-state index contributed by atoms with van der Waals surface area (Å²) in [5.74, 6) is 0.615. The van der Waals surface area contributed by atoms with Crippen molar-refractivity contribution in [2.24, 2.45) is 0 Å². The molecule has 0 aromatic carbocycles. The minimum atomic E-state index is 0.411. The van der Waals surface area contributed by atoms with Crippen molar-refractivity contribution < 1.29 is 0 Å². The van der Waals surface area contributed by atoms with Crippen LogP contribution in [0.4, 0.5) is 5.95 Å². The van der Waals surface area contributed by atoms with Crippen molar-refractivity contribution >= 4 is 5.95 Å². The van der Waals surface area contributed by atoms with Crippen molar-refractivity contribution in [3.63, 3.8) is 0 Å². The Kier molecular flexibility index (Phi) is 4.45. The highest BCUT2D eigenvalue weighted by Crippen LogP contribution is 2.05. The van der Waals surface area contributed by atoms with E-state index >= 15 is 0 Å². The standard InChI is InChI=1S/C12H18N6/c1-17(8-9-18-6-4-14-5-7-18)12-15-3-2-11(10-13)16-12/h2-3,14H,4-9H2,1H3. The summed E-state index contributed by atoms with van der Waals surface area (Å²) in [6.07, 6.45) is 1.63. The van der Waals surface area contributed by atoms with Gasteiger partial charge in [0.1, 0.15) is 11.8 Å². The average molecular weight is 246 g/mol. The Morgan fingerprint density at radius 2 is 2.28 bits per heavy atom. The maximum Gasteiger partial charge on any atom is 0.226 e. The van der Waals surface area contributed by atoms with Gasteiger partial charge in [0.2, 0.25) is 5.95 Å². The van der Waals surface area contributed by atoms with E-state index in [1.165, 1.54) is 0 Å². The lowest BCUT2D eigenvalue weighted by Crippen LogP contribution is -2.46. The summed E-state index contributed by atoms with van der Waals surface area (Å²) in [5.41, 5.74) is 0.411. The number of nitrogens with zero attached hydrogens (tertiary/aromatic N) is 5. The molecule has 0 aliphatic carbocycles. The lowest BCUT2D eigenvalue weighted by molar-refractivity contribution is 0.246. The van der Waals surface area contributed by atoms with Gasteiger partial charge in [-0.25, -0.2) is 9.97 Å². The number of rotatable bonds is 4. The second kappa shape index (κ2) is 6.28. The Morgan fingerprint density at radius 3 is 3.00 bits per heavy atom. The van der Waals surface area contributed by atoms with Crippen LogP contribution in [0.5, 0.6) is 0 Å². The van der Waals surface area contributed by atoms with Crippen LogP contribution >= 0.6 is 0 Å². The first-order valence-electron chi connectivity index (χ1n) is 6.17. The van der Waals surface area contributed by atoms with Gasteiger partial charge >= 0.3 is 0 Å². The van der Waals surface area contributed by atoms with Crippen LogP contribution < -0.4 is 10.2 Å². The predicted octanol–water partition coefficient (Wildman–Crippen LogP) is -0.310. The van der Waals surface area contributed by atoms with E-state index in [2.05, 4.69) is 20.2 Å². The highest BCUT2D eigenvalue weighted by Gasteiger charge is 2.11. The minimum Gasteiger partial charge on any atom is -0.343 e. The van der Waals surface area contributed by atoms with Gasteiger partial charge in [0.15, 0.2) is 0 Å². The van der Waals surface area contributed by atoms with Gasteiger partial charge in [0.05, 0.1) is 0 Å². The van der Waals surface area contributed by atoms with Crippen LogP contribution in [0.15, 0.2) is 12.3 Å². The lowest BCUT2D eigenvalue weighted by Gasteiger charge is -2.29. The lowest BCUT2D eigenvalue weighted by atomic mass is 10.3. The summed E-state index contributed by atoms with van der Waals surface area (Å²) in [4.78, 5) is 12.8. The van der Waals surface area contributed by atoms with Gasteiger partial charge in [-0.15, -0.1) is 0 Å². The molecule has 1 aliphatic rings. The fourth-order valence-electron chi connectivity index (χ4n) is 1.92. The molecule has 1 fully saturated rings. The normalized spacial score (nSPS) is 16.2. The van der Waals surface area contributed by atoms with Gasteiger partial charge in [-0.3, -0.25) is 4.90 Å². The van der Waals surface area contributed by atoms with Crippen LogP contribution in [0.3, 0.4) is 0 Å². The van der Waals surface area contributed by atoms with Gasteiger partial charge in [-0.1, -0.05) is 0 Å². The molecule has 6 heteroatoms. The van der Waals surface area contributed by atoms with E-state index in [0.717, 1.165) is 39.3 Å². The van der Waals surface area contributed by atoms with Gasteiger partial charge in [-0.05, 0) is 6.07 Å². The molecule has 1 aliphatic heterocycles. The number of nitriles is 1. The van der Waals surface area contributed by atoms with E-state index in [-0.39, 0.29) is 0 Å². The molecule has 0 unspecified atom stereocenters. The molecule has 0 amide bonds. The molecule has 1 aromatic rings. The first-order chi connectivity index (χ1) is 8.79. The first-order valence-corrected chi connectivity index (χ1v) is 6.17. The van der Waals surface area contributed by atoms with Crippen LogP contribution in [0, 0.1) is 11.3 Å². The van der Waals surface area contributed by atoms with E-state index in [4.69, 9.17) is 5.26 Å². The predicted molar refractivity (Wildman–Crippen MR) is 69.3 cm³/mol. The monoisotopic (exact) mass is 246 g/mol. The molecule has 0 saturated carbocycles. The SMILES string of the molecule is CN(CCN1CCNCC1)c1nccc(C#N)n1. The molecule has 18 heavy (non-hydrogen) atoms. The van der Waals surface area contributed by atoms with E-state index in [9.17, 15) is 0 Å². The van der Waals surface area contributed by atoms with Gasteiger partial charge in [0, 0.05) is 52.5 Å². The minimum absolute atomic E-state index is 0.411. The van der Waals surface area contributed by atoms with Crippen molar-refractivity contribution in [3.05, 3.63) is 18.0 Å². The molecule has 0 spiro atoms. The van der Waals surface area contributed by atoms with Gasteiger partial charge in [-0.2, -0.15) is 5.26 Å². The Hall–Kier alpha value is -1.71. The van der Waals surface area contributed by atoms with Crippen LogP contribution in [0.1, 0.15) is 5.69 Å². The number of anilines is 1. The van der Waals surface area contributed by atoms with Crippen molar-refractivity contribution in [1.82, 2.24) is 20.2 Å². The van der Waals surface area contributed by atoms with E-state index < -0.39 is 0 Å². The summed E-state index contributed by atoms with van der Waals surface area (Å²) in [7, 11) is 1.96. The largest absolute Gasteiger partial charge is 0.343 e. The third-order valence-corrected chi connectivity index (χ3v) is 3.06. The number of likely N-dealkylation sites (N-methyl/N-ethyl adjacent to an activating group) is 1. The third kappa shape index (κ3) is 3.39. The molecule has 0 atom stereocenters. The molecule has 2 heterocycles. The number of hydrogen-bond acceptors (Lipinski definition) is 6. The fourth-order valence-corrected chi connectivity index (χ4v) is 1.92. The molecular weight excluding hydrogens is 228 g/mol. The molecule has 0 radical (unpaired) electrons. The quantitative estimate of drug-likeness (QED) is 0.786. The van der Waals surface area contributed by atoms with Crippen LogP contribution in [-0.4, -0.2) is 61.2 Å². The molecule has 1 aromatic heterocycles. The van der Waals surface area contributed by atoms with Crippen molar-refractivity contribution in [1.29, 1.82) is 5.26 Å². The Morgan fingerprint density at radius 1 is 1.50 bits per heavy atom. The maximum atomic E-state index is 8.80. The van der Waals surface area contributed by atoms with Crippen LogP contribution in [0.25, 0.3) is 0 Å². The van der Waals surface area contributed by atoms with Gasteiger partial charge < -0.3 is 10.2 Å². The average Bonchev–Trinajstić information content (AvgIpc) is 2.46. The van der Waals surface area contributed by atoms with Crippen molar-refractivity contribution in [3.8, 4) is 6.07 Å². The van der Waals surface area contributed by atoms with Crippen molar-refractivity contribution in [2.75, 3.05) is 51.2 Å². The smallest absolute Gasteiger partial charge is 0.226 e. The second-order valence-corrected chi connectivity index (χ2v) is 4.37. The molecule has 96 valence electrons. The number of piperazine rings is 1. The van der Waals surface area contributed by atoms with Crippen LogP contribution in [0.2, 0.25) is 0 Å². The topological polar surface area (TPSA) is 68.1 Å². The number of aromatic nitrogens is 2. The highest BCUT2D eigenvalue weighted by atomic mass is 15.3. The number of hydrogen-bond donors (Lipinski definition) is 1. The molecule has 1 saturated heterocycles. The maximum absolute atomic E-state index is 8.80. The molecule has 0 bridgehead atoms. The molecular formula is C12H18N6. The zero-order chi connectivity index (χ0) is 12.8. The summed E-state index contributed by atoms with van der Waals surface area (Å²) < 4.78 is 0. The van der Waals surface area contributed by atoms with Gasteiger partial charge in [0.25, 0.3) is 0 Å². The third-order valence-electron chi connectivity index (χ3n) is 3.06. The number of nitrogens with one attached hydrogen (secondary N) is 1. The Labute approximate surface area is 107 Å². The fraction of sp³-hybridized carbons (Fsp3) is 0.583. The zero-order valence-corrected chi connectivity index (χ0v) is 10.6. The van der Waals surface area contributed by atoms with E-state index in [0.29, 0.717) is 11.6 Å². The Balaban J connectivity index is 1.86. The van der Waals surface area contributed by atoms with Crippen LogP contribution in [-0.2, 0) is 0 Å². The summed E-state index contributed by atoms with van der Waals surface area (Å²) in [6.45, 7) is 6.17. The zero-order valence-electron chi connectivity index (χ0n) is 10.6.